The van der Waals surface area contributed by atoms with Crippen molar-refractivity contribution in [3.05, 3.63) is 73.1 Å². The van der Waals surface area contributed by atoms with Crippen molar-refractivity contribution in [2.45, 2.75) is 20.4 Å². The van der Waals surface area contributed by atoms with E-state index in [1.165, 1.54) is 5.56 Å². The molecule has 0 spiro atoms. The van der Waals surface area contributed by atoms with Crippen LogP contribution in [0.1, 0.15) is 16.7 Å². The van der Waals surface area contributed by atoms with E-state index in [1.54, 1.807) is 6.07 Å². The fraction of sp³-hybridized carbons (Fsp3) is 0.167. The molecular formula is C18H16INO2. The Balaban J connectivity index is 2.01. The van der Waals surface area contributed by atoms with Crippen molar-refractivity contribution in [3.63, 3.8) is 0 Å². The first-order valence-electron chi connectivity index (χ1n) is 7.07. The van der Waals surface area contributed by atoms with Gasteiger partial charge in [0.15, 0.2) is 0 Å². The number of hydrogen-bond donors (Lipinski definition) is 1. The molecule has 112 valence electrons. The summed E-state index contributed by atoms with van der Waals surface area (Å²) in [5, 5.41) is 4.38. The van der Waals surface area contributed by atoms with Crippen LogP contribution in [0.5, 0.6) is 0 Å². The third kappa shape index (κ3) is 3.02. The maximum atomic E-state index is 11.8. The monoisotopic (exact) mass is 405 g/mol. The SMILES string of the molecule is Cc1cc2oc(=O)cc(CNc3ccccc3I)c2cc1C. The van der Waals surface area contributed by atoms with E-state index in [9.17, 15) is 4.79 Å². The normalized spacial score (nSPS) is 10.9. The van der Waals surface area contributed by atoms with Gasteiger partial charge in [0.1, 0.15) is 5.58 Å². The van der Waals surface area contributed by atoms with Gasteiger partial charge >= 0.3 is 5.63 Å². The van der Waals surface area contributed by atoms with E-state index in [2.05, 4.69) is 40.9 Å². The lowest BCUT2D eigenvalue weighted by molar-refractivity contribution is 0.559. The molecule has 0 atom stereocenters. The maximum Gasteiger partial charge on any atom is 0.336 e. The van der Waals surface area contributed by atoms with E-state index in [1.807, 2.05) is 37.3 Å². The summed E-state index contributed by atoms with van der Waals surface area (Å²) in [4.78, 5) is 11.8. The number of rotatable bonds is 3. The van der Waals surface area contributed by atoms with Crippen molar-refractivity contribution >= 4 is 39.2 Å². The highest BCUT2D eigenvalue weighted by molar-refractivity contribution is 14.1. The lowest BCUT2D eigenvalue weighted by atomic mass is 10.0. The average molecular weight is 405 g/mol. The molecule has 0 aliphatic carbocycles. The number of aryl methyl sites for hydroxylation is 2. The van der Waals surface area contributed by atoms with E-state index in [4.69, 9.17) is 4.42 Å². The van der Waals surface area contributed by atoms with Gasteiger partial charge in [0.05, 0.1) is 0 Å². The number of para-hydroxylation sites is 1. The predicted octanol–water partition coefficient (Wildman–Crippen LogP) is 4.63. The molecule has 4 heteroatoms. The molecule has 0 fully saturated rings. The summed E-state index contributed by atoms with van der Waals surface area (Å²) in [5.74, 6) is 0. The highest BCUT2D eigenvalue weighted by Crippen LogP contribution is 2.23. The van der Waals surface area contributed by atoms with Crippen molar-refractivity contribution in [3.8, 4) is 0 Å². The Morgan fingerprint density at radius 2 is 1.82 bits per heavy atom. The van der Waals surface area contributed by atoms with Crippen LogP contribution in [0, 0.1) is 17.4 Å². The van der Waals surface area contributed by atoms with Crippen LogP contribution in [0.25, 0.3) is 11.0 Å². The molecule has 3 rings (SSSR count). The van der Waals surface area contributed by atoms with Crippen LogP contribution in [0.2, 0.25) is 0 Å². The Morgan fingerprint density at radius 1 is 1.09 bits per heavy atom. The minimum Gasteiger partial charge on any atom is -0.423 e. The number of nitrogens with one attached hydrogen (secondary N) is 1. The standard InChI is InChI=1S/C18H16INO2/c1-11-7-14-13(9-18(21)22-17(14)8-12(11)2)10-20-16-6-4-3-5-15(16)19/h3-9,20H,10H2,1-2H3. The van der Waals surface area contributed by atoms with Crippen LogP contribution in [0.4, 0.5) is 5.69 Å². The first-order valence-corrected chi connectivity index (χ1v) is 8.15. The largest absolute Gasteiger partial charge is 0.423 e. The molecular weight excluding hydrogens is 389 g/mol. The van der Waals surface area contributed by atoms with Crippen molar-refractivity contribution in [2.75, 3.05) is 5.32 Å². The van der Waals surface area contributed by atoms with Crippen LogP contribution in [0.3, 0.4) is 0 Å². The summed E-state index contributed by atoms with van der Waals surface area (Å²) in [7, 11) is 0. The minimum atomic E-state index is -0.310. The number of anilines is 1. The quantitative estimate of drug-likeness (QED) is 0.511. The molecule has 0 bridgehead atoms. The van der Waals surface area contributed by atoms with Crippen LogP contribution in [-0.2, 0) is 6.54 Å². The van der Waals surface area contributed by atoms with Crippen molar-refractivity contribution in [2.24, 2.45) is 0 Å². The second kappa shape index (κ2) is 6.12. The Labute approximate surface area is 142 Å². The van der Waals surface area contributed by atoms with E-state index in [-0.39, 0.29) is 5.63 Å². The molecule has 0 saturated heterocycles. The van der Waals surface area contributed by atoms with E-state index in [0.29, 0.717) is 12.1 Å². The number of hydrogen-bond acceptors (Lipinski definition) is 3. The molecule has 1 heterocycles. The van der Waals surface area contributed by atoms with Gasteiger partial charge in [-0.1, -0.05) is 12.1 Å². The third-order valence-corrected chi connectivity index (χ3v) is 4.73. The molecule has 2 aromatic carbocycles. The molecule has 1 N–H and O–H groups in total. The first-order chi connectivity index (χ1) is 10.5. The fourth-order valence-electron chi connectivity index (χ4n) is 2.42. The van der Waals surface area contributed by atoms with Gasteiger partial charge in [0, 0.05) is 27.3 Å². The summed E-state index contributed by atoms with van der Waals surface area (Å²) >= 11 is 2.29. The Bertz CT molecular complexity index is 899. The summed E-state index contributed by atoms with van der Waals surface area (Å²) in [6.07, 6.45) is 0. The van der Waals surface area contributed by atoms with Gasteiger partial charge in [-0.3, -0.25) is 0 Å². The molecule has 3 aromatic rings. The third-order valence-electron chi connectivity index (χ3n) is 3.79. The van der Waals surface area contributed by atoms with Crippen LogP contribution >= 0.6 is 22.6 Å². The molecule has 0 saturated carbocycles. The van der Waals surface area contributed by atoms with Gasteiger partial charge in [-0.25, -0.2) is 4.79 Å². The Morgan fingerprint density at radius 3 is 2.59 bits per heavy atom. The van der Waals surface area contributed by atoms with Gasteiger partial charge in [-0.05, 0) is 77.4 Å². The Hall–Kier alpha value is -1.82. The lowest BCUT2D eigenvalue weighted by Gasteiger charge is -2.11. The highest BCUT2D eigenvalue weighted by Gasteiger charge is 2.08. The molecule has 3 nitrogen and oxygen atoms in total. The predicted molar refractivity (Wildman–Crippen MR) is 98.4 cm³/mol. The molecule has 22 heavy (non-hydrogen) atoms. The van der Waals surface area contributed by atoms with E-state index < -0.39 is 0 Å². The first kappa shape index (κ1) is 15.1. The van der Waals surface area contributed by atoms with Gasteiger partial charge in [-0.15, -0.1) is 0 Å². The summed E-state index contributed by atoms with van der Waals surface area (Å²) < 4.78 is 6.48. The smallest absolute Gasteiger partial charge is 0.336 e. The number of benzene rings is 2. The molecule has 0 aliphatic rings. The van der Waals surface area contributed by atoms with Crippen molar-refractivity contribution in [1.29, 1.82) is 0 Å². The minimum absolute atomic E-state index is 0.310. The van der Waals surface area contributed by atoms with Gasteiger partial charge in [0.2, 0.25) is 0 Å². The van der Waals surface area contributed by atoms with Crippen molar-refractivity contribution < 1.29 is 4.42 Å². The van der Waals surface area contributed by atoms with Crippen LogP contribution < -0.4 is 10.9 Å². The van der Waals surface area contributed by atoms with Crippen molar-refractivity contribution in [1.82, 2.24) is 0 Å². The van der Waals surface area contributed by atoms with Crippen LogP contribution in [0.15, 0.2) is 51.7 Å². The van der Waals surface area contributed by atoms with E-state index in [0.717, 1.165) is 25.8 Å². The second-order valence-corrected chi connectivity index (χ2v) is 6.52. The molecule has 0 radical (unpaired) electrons. The van der Waals surface area contributed by atoms with Gasteiger partial charge in [0.25, 0.3) is 0 Å². The fourth-order valence-corrected chi connectivity index (χ4v) is 3.00. The molecule has 0 unspecified atom stereocenters. The molecule has 0 aliphatic heterocycles. The summed E-state index contributed by atoms with van der Waals surface area (Å²) in [6.45, 7) is 4.67. The number of halogens is 1. The summed E-state index contributed by atoms with van der Waals surface area (Å²) in [5.41, 5.74) is 4.67. The summed E-state index contributed by atoms with van der Waals surface area (Å²) in [6, 6.07) is 13.7. The molecule has 0 amide bonds. The maximum absolute atomic E-state index is 11.8. The zero-order valence-corrected chi connectivity index (χ0v) is 14.6. The highest BCUT2D eigenvalue weighted by atomic mass is 127. The zero-order valence-electron chi connectivity index (χ0n) is 12.4. The van der Waals surface area contributed by atoms with Gasteiger partial charge < -0.3 is 9.73 Å². The lowest BCUT2D eigenvalue weighted by Crippen LogP contribution is -2.06. The number of fused-ring (bicyclic) bond motifs is 1. The second-order valence-electron chi connectivity index (χ2n) is 5.36. The van der Waals surface area contributed by atoms with Gasteiger partial charge in [-0.2, -0.15) is 0 Å². The Kier molecular flexibility index (Phi) is 4.20. The zero-order chi connectivity index (χ0) is 15.7. The van der Waals surface area contributed by atoms with Crippen LogP contribution in [-0.4, -0.2) is 0 Å². The van der Waals surface area contributed by atoms with E-state index >= 15 is 0 Å². The molecule has 1 aromatic heterocycles. The topological polar surface area (TPSA) is 42.2 Å². The average Bonchev–Trinajstić information content (AvgIpc) is 2.48.